The van der Waals surface area contributed by atoms with E-state index in [-0.39, 0.29) is 30.1 Å². The minimum atomic E-state index is -1.11. The number of hydrogen-bond acceptors (Lipinski definition) is 7. The Bertz CT molecular complexity index is 1950. The van der Waals surface area contributed by atoms with Gasteiger partial charge in [-0.05, 0) is 89.3 Å². The van der Waals surface area contributed by atoms with E-state index in [9.17, 15) is 19.5 Å². The number of carbonyl (C=O) groups excluding carboxylic acids is 3. The summed E-state index contributed by atoms with van der Waals surface area (Å²) >= 11 is 5.23. The van der Waals surface area contributed by atoms with Gasteiger partial charge in [-0.1, -0.05) is 98.8 Å². The van der Waals surface area contributed by atoms with Gasteiger partial charge < -0.3 is 36.4 Å². The Morgan fingerprint density at radius 1 is 0.810 bits per heavy atom. The molecule has 1 aliphatic heterocycles. The van der Waals surface area contributed by atoms with Crippen molar-refractivity contribution >= 4 is 56.6 Å². The number of fused-ring (bicyclic) bond motifs is 2. The van der Waals surface area contributed by atoms with Gasteiger partial charge >= 0.3 is 0 Å². The quantitative estimate of drug-likeness (QED) is 0.0514. The van der Waals surface area contributed by atoms with Gasteiger partial charge in [0.15, 0.2) is 5.11 Å². The van der Waals surface area contributed by atoms with Gasteiger partial charge in [0.25, 0.3) is 0 Å². The molecule has 4 unspecified atom stereocenters. The van der Waals surface area contributed by atoms with E-state index in [0.29, 0.717) is 70.1 Å². The lowest BCUT2D eigenvalue weighted by Crippen LogP contribution is -2.54. The van der Waals surface area contributed by atoms with Crippen molar-refractivity contribution in [3.63, 3.8) is 0 Å². The van der Waals surface area contributed by atoms with Crippen LogP contribution in [-0.4, -0.2) is 104 Å². The highest BCUT2D eigenvalue weighted by atomic mass is 32.1. The molecule has 1 heterocycles. The molecule has 0 radical (unpaired) electrons. The lowest BCUT2D eigenvalue weighted by atomic mass is 9.88. The fourth-order valence-corrected chi connectivity index (χ4v) is 7.75. The normalized spacial score (nSPS) is 15.3. The lowest BCUT2D eigenvalue weighted by molar-refractivity contribution is -0.132. The van der Waals surface area contributed by atoms with E-state index >= 15 is 0 Å². The number of rotatable bonds is 21. The maximum absolute atomic E-state index is 14.6. The number of unbranched alkanes of at least 4 members (excludes halogenated alkanes) is 1. The second-order valence-electron chi connectivity index (χ2n) is 15.8. The van der Waals surface area contributed by atoms with Gasteiger partial charge in [-0.3, -0.25) is 19.3 Å². The maximum atomic E-state index is 14.6. The first-order chi connectivity index (χ1) is 28.1. The zero-order chi connectivity index (χ0) is 41.3. The summed E-state index contributed by atoms with van der Waals surface area (Å²) in [6, 6.07) is 27.3. The third kappa shape index (κ3) is 14.0. The minimum absolute atomic E-state index is 0.131. The van der Waals surface area contributed by atoms with Crippen molar-refractivity contribution in [1.82, 2.24) is 31.5 Å². The molecule has 0 bridgehead atoms. The van der Waals surface area contributed by atoms with Crippen molar-refractivity contribution in [3.8, 4) is 0 Å². The molecule has 1 fully saturated rings. The van der Waals surface area contributed by atoms with E-state index in [2.05, 4.69) is 86.1 Å². The van der Waals surface area contributed by atoms with Crippen LogP contribution in [0.15, 0.2) is 84.9 Å². The van der Waals surface area contributed by atoms with Crippen LogP contribution in [0.25, 0.3) is 21.5 Å². The van der Waals surface area contributed by atoms with E-state index < -0.39 is 24.1 Å². The second kappa shape index (κ2) is 23.1. The van der Waals surface area contributed by atoms with E-state index in [4.69, 9.17) is 17.0 Å². The molecule has 58 heavy (non-hydrogen) atoms. The predicted molar refractivity (Wildman–Crippen MR) is 237 cm³/mol. The molecule has 0 spiro atoms. The second-order valence-corrected chi connectivity index (χ2v) is 16.2. The number of aliphatic hydroxyl groups is 1. The van der Waals surface area contributed by atoms with Crippen LogP contribution < -0.4 is 26.6 Å². The van der Waals surface area contributed by atoms with Crippen molar-refractivity contribution in [2.24, 2.45) is 11.8 Å². The summed E-state index contributed by atoms with van der Waals surface area (Å²) in [5.41, 5.74) is 2.10. The zero-order valence-electron chi connectivity index (χ0n) is 34.3. The molecule has 4 aromatic carbocycles. The van der Waals surface area contributed by atoms with Gasteiger partial charge in [0.2, 0.25) is 17.7 Å². The van der Waals surface area contributed by atoms with Gasteiger partial charge in [-0.2, -0.15) is 0 Å². The Kier molecular flexibility index (Phi) is 17.7. The van der Waals surface area contributed by atoms with E-state index in [0.717, 1.165) is 52.2 Å². The highest BCUT2D eigenvalue weighted by molar-refractivity contribution is 7.80. The number of nitrogens with zero attached hydrogens (tertiary/aromatic N) is 1. The number of morpholine rings is 1. The standard InChI is InChI=1S/C46H62N6O5S/c1-32(2)27-41(42(53)31-43(54)48-21-22-52-23-25-57-26-24-52)51-45(56)40(17-8-9-20-49-46(58)47-3)50-44(55)38(29-33-18-19-34-11-4-5-13-36(34)28-33)30-37-15-10-14-35-12-6-7-16-39(35)37/h4-7,10-16,18-19,28,32,38,40-42,53H,8-9,17,20-27,29-31H2,1-3H3,(H,48,54)(H,50,55)(H,51,56)(H2,47,49,58). The Morgan fingerprint density at radius 3 is 2.29 bits per heavy atom. The van der Waals surface area contributed by atoms with Crippen LogP contribution in [0, 0.1) is 11.8 Å². The molecular weight excluding hydrogens is 749 g/mol. The molecule has 0 aromatic heterocycles. The lowest BCUT2D eigenvalue weighted by Gasteiger charge is -2.29. The van der Waals surface area contributed by atoms with E-state index in [1.807, 2.05) is 44.2 Å². The molecule has 4 atom stereocenters. The van der Waals surface area contributed by atoms with Crippen LogP contribution >= 0.6 is 12.2 Å². The summed E-state index contributed by atoms with van der Waals surface area (Å²) in [7, 11) is 1.76. The number of hydrogen-bond donors (Lipinski definition) is 6. The van der Waals surface area contributed by atoms with Gasteiger partial charge in [-0.25, -0.2) is 0 Å². The Labute approximate surface area is 349 Å². The van der Waals surface area contributed by atoms with Gasteiger partial charge in [0, 0.05) is 45.7 Å². The summed E-state index contributed by atoms with van der Waals surface area (Å²) in [5, 5.41) is 31.6. The number of thiocarbonyl (C=S) groups is 1. The molecule has 11 nitrogen and oxygen atoms in total. The Morgan fingerprint density at radius 2 is 1.53 bits per heavy atom. The molecule has 5 rings (SSSR count). The predicted octanol–water partition coefficient (Wildman–Crippen LogP) is 4.87. The molecule has 1 saturated heterocycles. The number of nitrogens with one attached hydrogen (secondary N) is 5. The highest BCUT2D eigenvalue weighted by Gasteiger charge is 2.31. The first kappa shape index (κ1) is 44.5. The number of ether oxygens (including phenoxy) is 1. The molecule has 1 aliphatic rings. The topological polar surface area (TPSA) is 144 Å². The van der Waals surface area contributed by atoms with E-state index in [1.54, 1.807) is 7.05 Å². The van der Waals surface area contributed by atoms with E-state index in [1.165, 1.54) is 0 Å². The van der Waals surface area contributed by atoms with Crippen molar-refractivity contribution in [2.75, 3.05) is 53.0 Å². The number of benzene rings is 4. The van der Waals surface area contributed by atoms with Crippen molar-refractivity contribution in [2.45, 2.75) is 77.0 Å². The smallest absolute Gasteiger partial charge is 0.242 e. The minimum Gasteiger partial charge on any atom is -0.390 e. The third-order valence-corrected chi connectivity index (χ3v) is 11.2. The maximum Gasteiger partial charge on any atom is 0.242 e. The van der Waals surface area contributed by atoms with Crippen molar-refractivity contribution in [1.29, 1.82) is 0 Å². The number of aliphatic hydroxyl groups excluding tert-OH is 1. The largest absolute Gasteiger partial charge is 0.390 e. The summed E-state index contributed by atoms with van der Waals surface area (Å²) in [5.74, 6) is -1.21. The SMILES string of the molecule is CNC(=S)NCCCCC(NC(=O)C(Cc1ccc2ccccc2c1)Cc1cccc2ccccc12)C(=O)NC(CC(C)C)C(O)CC(=O)NCCN1CCOCC1. The summed E-state index contributed by atoms with van der Waals surface area (Å²) in [6.45, 7) is 8.83. The summed E-state index contributed by atoms with van der Waals surface area (Å²) in [6.07, 6.45) is 1.92. The van der Waals surface area contributed by atoms with Crippen LogP contribution in [0.3, 0.4) is 0 Å². The van der Waals surface area contributed by atoms with Crippen molar-refractivity contribution in [3.05, 3.63) is 96.1 Å². The van der Waals surface area contributed by atoms with Crippen LogP contribution in [0.2, 0.25) is 0 Å². The first-order valence-corrected chi connectivity index (χ1v) is 21.3. The molecule has 12 heteroatoms. The van der Waals surface area contributed by atoms with Crippen LogP contribution in [0.4, 0.5) is 0 Å². The zero-order valence-corrected chi connectivity index (χ0v) is 35.1. The van der Waals surface area contributed by atoms with Crippen molar-refractivity contribution < 1.29 is 24.2 Å². The molecule has 0 aliphatic carbocycles. The fraction of sp³-hybridized carbons (Fsp3) is 0.478. The molecular formula is C46H62N6O5S. The molecule has 3 amide bonds. The first-order valence-electron chi connectivity index (χ1n) is 20.8. The Balaban J connectivity index is 1.33. The van der Waals surface area contributed by atoms with Gasteiger partial charge in [0.05, 0.1) is 31.8 Å². The number of amides is 3. The summed E-state index contributed by atoms with van der Waals surface area (Å²) in [4.78, 5) is 44.1. The monoisotopic (exact) mass is 810 g/mol. The molecule has 6 N–H and O–H groups in total. The molecule has 0 saturated carbocycles. The van der Waals surface area contributed by atoms with Crippen LogP contribution in [0.5, 0.6) is 0 Å². The summed E-state index contributed by atoms with van der Waals surface area (Å²) < 4.78 is 5.41. The third-order valence-electron chi connectivity index (χ3n) is 10.8. The van der Waals surface area contributed by atoms with Gasteiger partial charge in [-0.15, -0.1) is 0 Å². The van der Waals surface area contributed by atoms with Crippen LogP contribution in [0.1, 0.15) is 57.1 Å². The molecule has 312 valence electrons. The average Bonchev–Trinajstić information content (AvgIpc) is 3.22. The average molecular weight is 811 g/mol. The molecule has 4 aromatic rings. The number of carbonyl (C=O) groups is 3. The van der Waals surface area contributed by atoms with Crippen LogP contribution in [-0.2, 0) is 32.0 Å². The fourth-order valence-electron chi connectivity index (χ4n) is 7.65. The Hall–Kier alpha value is -4.62. The highest BCUT2D eigenvalue weighted by Crippen LogP contribution is 2.25. The van der Waals surface area contributed by atoms with Gasteiger partial charge in [0.1, 0.15) is 6.04 Å².